The fourth-order valence-electron chi connectivity index (χ4n) is 2.32. The number of carbonyl (C=O) groups is 2. The Morgan fingerprint density at radius 3 is 2.37 bits per heavy atom. The van der Waals surface area contributed by atoms with Crippen LogP contribution in [0.2, 0.25) is 0 Å². The van der Waals surface area contributed by atoms with Crippen LogP contribution in [0.1, 0.15) is 33.3 Å². The molecule has 1 heterocycles. The molecule has 7 heteroatoms. The lowest BCUT2D eigenvalue weighted by molar-refractivity contribution is 0.101. The Morgan fingerprint density at radius 2 is 1.74 bits per heavy atom. The van der Waals surface area contributed by atoms with E-state index in [0.717, 1.165) is 0 Å². The van der Waals surface area contributed by atoms with Gasteiger partial charge in [0, 0.05) is 16.9 Å². The second kappa shape index (κ2) is 7.89. The third kappa shape index (κ3) is 4.52. The van der Waals surface area contributed by atoms with Crippen LogP contribution in [0, 0.1) is 11.3 Å². The summed E-state index contributed by atoms with van der Waals surface area (Å²) in [4.78, 5) is 23.5. The van der Waals surface area contributed by atoms with Crippen LogP contribution in [-0.2, 0) is 0 Å². The molecule has 0 unspecified atom stereocenters. The Morgan fingerprint density at radius 1 is 0.963 bits per heavy atom. The van der Waals surface area contributed by atoms with E-state index in [0.29, 0.717) is 28.3 Å². The zero-order chi connectivity index (χ0) is 19.2. The van der Waals surface area contributed by atoms with E-state index in [1.54, 1.807) is 60.7 Å². The van der Waals surface area contributed by atoms with E-state index >= 15 is 0 Å². The molecule has 0 fully saturated rings. The van der Waals surface area contributed by atoms with Gasteiger partial charge in [-0.05, 0) is 61.5 Å². The Bertz CT molecular complexity index is 1020. The highest BCUT2D eigenvalue weighted by Crippen LogP contribution is 2.16. The molecular formula is C20H15N5O2. The summed E-state index contributed by atoms with van der Waals surface area (Å²) in [5.74, 6) is 0.00527. The minimum atomic E-state index is -0.406. The molecule has 0 aliphatic rings. The third-order valence-electron chi connectivity index (χ3n) is 3.71. The van der Waals surface area contributed by atoms with E-state index in [1.165, 1.54) is 6.92 Å². The van der Waals surface area contributed by atoms with E-state index < -0.39 is 5.91 Å². The van der Waals surface area contributed by atoms with Gasteiger partial charge in [0.15, 0.2) is 17.3 Å². The Balaban J connectivity index is 1.66. The average Bonchev–Trinajstić information content (AvgIpc) is 2.69. The van der Waals surface area contributed by atoms with Crippen molar-refractivity contribution in [3.8, 4) is 6.07 Å². The molecule has 132 valence electrons. The normalized spacial score (nSPS) is 9.93. The van der Waals surface area contributed by atoms with Crippen molar-refractivity contribution in [3.05, 3.63) is 77.5 Å². The number of benzene rings is 2. The van der Waals surface area contributed by atoms with Gasteiger partial charge in [-0.15, -0.1) is 10.2 Å². The monoisotopic (exact) mass is 357 g/mol. The first-order chi connectivity index (χ1) is 13.0. The van der Waals surface area contributed by atoms with Crippen LogP contribution in [-0.4, -0.2) is 21.9 Å². The lowest BCUT2D eigenvalue weighted by atomic mass is 10.1. The lowest BCUT2D eigenvalue weighted by Gasteiger charge is -2.07. The number of nitriles is 1. The number of carbonyl (C=O) groups excluding carboxylic acids is 2. The first-order valence-corrected chi connectivity index (χ1v) is 8.08. The molecule has 0 bridgehead atoms. The van der Waals surface area contributed by atoms with Crippen molar-refractivity contribution in [3.63, 3.8) is 0 Å². The van der Waals surface area contributed by atoms with Gasteiger partial charge in [-0.25, -0.2) is 0 Å². The molecule has 2 aromatic carbocycles. The van der Waals surface area contributed by atoms with Gasteiger partial charge in [-0.3, -0.25) is 9.59 Å². The predicted molar refractivity (Wildman–Crippen MR) is 101 cm³/mol. The van der Waals surface area contributed by atoms with Gasteiger partial charge < -0.3 is 10.6 Å². The largest absolute Gasteiger partial charge is 0.339 e. The first kappa shape index (κ1) is 17.8. The molecule has 27 heavy (non-hydrogen) atoms. The molecule has 0 atom stereocenters. The van der Waals surface area contributed by atoms with Gasteiger partial charge in [0.2, 0.25) is 0 Å². The summed E-state index contributed by atoms with van der Waals surface area (Å²) in [6, 6.07) is 18.8. The standard InChI is InChI=1S/C20H15N5O2/c1-13(26)15-5-7-16(8-6-15)23-20(27)18-9-10-19(25-24-18)22-17-4-2-3-14(11-17)12-21/h2-11H,1H3,(H,22,25)(H,23,27). The van der Waals surface area contributed by atoms with E-state index in [9.17, 15) is 9.59 Å². The molecule has 0 saturated carbocycles. The number of hydrogen-bond donors (Lipinski definition) is 2. The van der Waals surface area contributed by atoms with Crippen molar-refractivity contribution in [2.75, 3.05) is 10.6 Å². The molecule has 0 aliphatic carbocycles. The second-order valence-electron chi connectivity index (χ2n) is 5.71. The smallest absolute Gasteiger partial charge is 0.276 e. The SMILES string of the molecule is CC(=O)c1ccc(NC(=O)c2ccc(Nc3cccc(C#N)c3)nn2)cc1. The average molecular weight is 357 g/mol. The molecule has 7 nitrogen and oxygen atoms in total. The Kier molecular flexibility index (Phi) is 5.19. The molecule has 0 aliphatic heterocycles. The van der Waals surface area contributed by atoms with Crippen molar-refractivity contribution >= 4 is 28.9 Å². The summed E-state index contributed by atoms with van der Waals surface area (Å²) in [5, 5.41) is 22.5. The van der Waals surface area contributed by atoms with Gasteiger partial charge >= 0.3 is 0 Å². The second-order valence-corrected chi connectivity index (χ2v) is 5.71. The van der Waals surface area contributed by atoms with E-state index in [-0.39, 0.29) is 11.5 Å². The Hall–Kier alpha value is -4.05. The maximum Gasteiger partial charge on any atom is 0.276 e. The van der Waals surface area contributed by atoms with Gasteiger partial charge in [-0.1, -0.05) is 6.07 Å². The summed E-state index contributed by atoms with van der Waals surface area (Å²) in [5.41, 5.74) is 2.51. The minimum absolute atomic E-state index is 0.0397. The third-order valence-corrected chi connectivity index (χ3v) is 3.71. The summed E-state index contributed by atoms with van der Waals surface area (Å²) in [6.07, 6.45) is 0. The highest BCUT2D eigenvalue weighted by Gasteiger charge is 2.09. The van der Waals surface area contributed by atoms with E-state index in [2.05, 4.69) is 26.9 Å². The van der Waals surface area contributed by atoms with Gasteiger partial charge in [-0.2, -0.15) is 5.26 Å². The molecule has 0 spiro atoms. The minimum Gasteiger partial charge on any atom is -0.339 e. The number of rotatable bonds is 5. The Labute approximate surface area is 155 Å². The molecule has 3 aromatic rings. The van der Waals surface area contributed by atoms with Crippen molar-refractivity contribution in [1.82, 2.24) is 10.2 Å². The van der Waals surface area contributed by atoms with Crippen molar-refractivity contribution < 1.29 is 9.59 Å². The summed E-state index contributed by atoms with van der Waals surface area (Å²) < 4.78 is 0. The first-order valence-electron chi connectivity index (χ1n) is 8.08. The molecule has 2 N–H and O–H groups in total. The van der Waals surface area contributed by atoms with Crippen LogP contribution in [0.4, 0.5) is 17.2 Å². The molecule has 0 radical (unpaired) electrons. The highest BCUT2D eigenvalue weighted by molar-refractivity contribution is 6.03. The van der Waals surface area contributed by atoms with Crippen LogP contribution in [0.25, 0.3) is 0 Å². The molecular weight excluding hydrogens is 342 g/mol. The molecule has 3 rings (SSSR count). The number of nitrogens with one attached hydrogen (secondary N) is 2. The maximum absolute atomic E-state index is 12.2. The van der Waals surface area contributed by atoms with Crippen molar-refractivity contribution in [1.29, 1.82) is 5.26 Å². The van der Waals surface area contributed by atoms with Crippen molar-refractivity contribution in [2.24, 2.45) is 0 Å². The van der Waals surface area contributed by atoms with Crippen LogP contribution >= 0.6 is 0 Å². The predicted octanol–water partition coefficient (Wildman–Crippen LogP) is 3.55. The van der Waals surface area contributed by atoms with E-state index in [4.69, 9.17) is 5.26 Å². The van der Waals surface area contributed by atoms with E-state index in [1.807, 2.05) is 0 Å². The highest BCUT2D eigenvalue weighted by atomic mass is 16.2. The molecule has 0 saturated heterocycles. The number of anilines is 3. The summed E-state index contributed by atoms with van der Waals surface area (Å²) in [6.45, 7) is 1.48. The molecule has 1 amide bonds. The fraction of sp³-hybridized carbons (Fsp3) is 0.0500. The fourth-order valence-corrected chi connectivity index (χ4v) is 2.32. The number of aromatic nitrogens is 2. The van der Waals surface area contributed by atoms with Crippen LogP contribution in [0.5, 0.6) is 0 Å². The van der Waals surface area contributed by atoms with Crippen molar-refractivity contribution in [2.45, 2.75) is 6.92 Å². The van der Waals surface area contributed by atoms with Gasteiger partial charge in [0.25, 0.3) is 5.91 Å². The number of hydrogen-bond acceptors (Lipinski definition) is 6. The van der Waals surface area contributed by atoms with Gasteiger partial charge in [0.1, 0.15) is 0 Å². The lowest BCUT2D eigenvalue weighted by Crippen LogP contribution is -2.14. The summed E-state index contributed by atoms with van der Waals surface area (Å²) in [7, 11) is 0. The zero-order valence-electron chi connectivity index (χ0n) is 14.4. The number of amides is 1. The van der Waals surface area contributed by atoms with Crippen LogP contribution < -0.4 is 10.6 Å². The topological polar surface area (TPSA) is 108 Å². The van der Waals surface area contributed by atoms with Crippen LogP contribution in [0.15, 0.2) is 60.7 Å². The maximum atomic E-state index is 12.2. The summed E-state index contributed by atoms with van der Waals surface area (Å²) >= 11 is 0. The molecule has 1 aromatic heterocycles. The zero-order valence-corrected chi connectivity index (χ0v) is 14.4. The quantitative estimate of drug-likeness (QED) is 0.676. The van der Waals surface area contributed by atoms with Gasteiger partial charge in [0.05, 0.1) is 11.6 Å². The van der Waals surface area contributed by atoms with Crippen LogP contribution in [0.3, 0.4) is 0 Å². The number of ketones is 1. The number of nitrogens with zero attached hydrogens (tertiary/aromatic N) is 3. The number of Topliss-reactive ketones (excluding diaryl/α,β-unsaturated/α-hetero) is 1.